The van der Waals surface area contributed by atoms with Crippen LogP contribution in [0.1, 0.15) is 32.6 Å². The van der Waals surface area contributed by atoms with E-state index in [-0.39, 0.29) is 23.9 Å². The summed E-state index contributed by atoms with van der Waals surface area (Å²) in [4.78, 5) is 24.6. The first-order valence-electron chi connectivity index (χ1n) is 6.40. The first-order valence-corrected chi connectivity index (χ1v) is 6.40. The molecule has 1 aliphatic carbocycles. The first-order chi connectivity index (χ1) is 8.45. The Morgan fingerprint density at radius 2 is 1.72 bits per heavy atom. The van der Waals surface area contributed by atoms with Gasteiger partial charge in [-0.25, -0.2) is 0 Å². The second-order valence-corrected chi connectivity index (χ2v) is 5.01. The molecule has 0 radical (unpaired) electrons. The number of methoxy groups -OCH3 is 1. The van der Waals surface area contributed by atoms with Gasteiger partial charge in [0.15, 0.2) is 0 Å². The number of nitrogens with zero attached hydrogens (tertiary/aromatic N) is 1. The summed E-state index contributed by atoms with van der Waals surface area (Å²) in [6.45, 7) is 1.77. The number of amides is 1. The standard InChI is InChI=1S/C13H23NO4/c1-9(12(15)14(2)3)18-11-7-5-10(6-8-11)13(16)17-4/h9-11H,5-8H2,1-4H3. The van der Waals surface area contributed by atoms with Crippen LogP contribution < -0.4 is 0 Å². The van der Waals surface area contributed by atoms with Crippen LogP contribution in [0.2, 0.25) is 0 Å². The van der Waals surface area contributed by atoms with Crippen molar-refractivity contribution in [2.75, 3.05) is 21.2 Å². The highest BCUT2D eigenvalue weighted by Crippen LogP contribution is 2.27. The lowest BCUT2D eigenvalue weighted by molar-refractivity contribution is -0.151. The number of carbonyl (C=O) groups excluding carboxylic acids is 2. The highest BCUT2D eigenvalue weighted by Gasteiger charge is 2.29. The summed E-state index contributed by atoms with van der Waals surface area (Å²) in [5.74, 6) is -0.161. The molecule has 5 heteroatoms. The van der Waals surface area contributed by atoms with Gasteiger partial charge < -0.3 is 14.4 Å². The van der Waals surface area contributed by atoms with E-state index >= 15 is 0 Å². The van der Waals surface area contributed by atoms with Crippen molar-refractivity contribution in [2.45, 2.75) is 44.8 Å². The fourth-order valence-corrected chi connectivity index (χ4v) is 2.31. The molecule has 0 aromatic heterocycles. The molecule has 1 unspecified atom stereocenters. The summed E-state index contributed by atoms with van der Waals surface area (Å²) in [6.07, 6.45) is 2.83. The minimum absolute atomic E-state index is 0.00490. The number of esters is 1. The average molecular weight is 257 g/mol. The third-order valence-electron chi connectivity index (χ3n) is 3.39. The summed E-state index contributed by atoms with van der Waals surface area (Å²) in [6, 6.07) is 0. The quantitative estimate of drug-likeness (QED) is 0.710. The maximum absolute atomic E-state index is 11.7. The molecule has 1 rings (SSSR count). The van der Waals surface area contributed by atoms with Crippen LogP contribution in [0.3, 0.4) is 0 Å². The maximum Gasteiger partial charge on any atom is 0.308 e. The molecule has 1 fully saturated rings. The van der Waals surface area contributed by atoms with E-state index in [1.165, 1.54) is 12.0 Å². The summed E-state index contributed by atoms with van der Waals surface area (Å²) in [5.41, 5.74) is 0. The Morgan fingerprint density at radius 1 is 1.17 bits per heavy atom. The number of ether oxygens (including phenoxy) is 2. The molecule has 1 atom stereocenters. The molecule has 0 aromatic rings. The zero-order valence-corrected chi connectivity index (χ0v) is 11.6. The van der Waals surface area contributed by atoms with Gasteiger partial charge >= 0.3 is 5.97 Å². The minimum atomic E-state index is -0.417. The van der Waals surface area contributed by atoms with Crippen LogP contribution in [0.4, 0.5) is 0 Å². The van der Waals surface area contributed by atoms with Gasteiger partial charge in [0.25, 0.3) is 5.91 Å². The summed E-state index contributed by atoms with van der Waals surface area (Å²) in [7, 11) is 4.86. The number of carbonyl (C=O) groups is 2. The van der Waals surface area contributed by atoms with Crippen molar-refractivity contribution in [2.24, 2.45) is 5.92 Å². The number of hydrogen-bond donors (Lipinski definition) is 0. The fourth-order valence-electron chi connectivity index (χ4n) is 2.31. The molecule has 104 valence electrons. The Balaban J connectivity index is 2.35. The molecule has 1 amide bonds. The van der Waals surface area contributed by atoms with Crippen LogP contribution in [0.15, 0.2) is 0 Å². The zero-order valence-electron chi connectivity index (χ0n) is 11.6. The fraction of sp³-hybridized carbons (Fsp3) is 0.846. The molecule has 0 saturated heterocycles. The Morgan fingerprint density at radius 3 is 2.17 bits per heavy atom. The predicted octanol–water partition coefficient (Wildman–Crippen LogP) is 1.21. The van der Waals surface area contributed by atoms with Gasteiger partial charge in [0.2, 0.25) is 0 Å². The van der Waals surface area contributed by atoms with Crippen LogP contribution in [0.5, 0.6) is 0 Å². The summed E-state index contributed by atoms with van der Waals surface area (Å²) < 4.78 is 10.5. The maximum atomic E-state index is 11.7. The Kier molecular flexibility index (Phi) is 5.59. The van der Waals surface area contributed by atoms with Gasteiger partial charge in [-0.3, -0.25) is 9.59 Å². The second kappa shape index (κ2) is 6.73. The molecule has 0 aliphatic heterocycles. The lowest BCUT2D eigenvalue weighted by Crippen LogP contribution is -2.37. The number of likely N-dealkylation sites (N-methyl/N-ethyl adjacent to an activating group) is 1. The number of hydrogen-bond acceptors (Lipinski definition) is 4. The summed E-state index contributed by atoms with van der Waals surface area (Å²) >= 11 is 0. The minimum Gasteiger partial charge on any atom is -0.469 e. The third kappa shape index (κ3) is 3.98. The molecule has 0 N–H and O–H groups in total. The lowest BCUT2D eigenvalue weighted by Gasteiger charge is -2.29. The average Bonchev–Trinajstić information content (AvgIpc) is 2.37. The van der Waals surface area contributed by atoms with Crippen LogP contribution in [-0.4, -0.2) is 50.2 Å². The molecular formula is C13H23NO4. The largest absolute Gasteiger partial charge is 0.469 e. The molecule has 5 nitrogen and oxygen atoms in total. The van der Waals surface area contributed by atoms with Gasteiger partial charge in [-0.05, 0) is 32.6 Å². The van der Waals surface area contributed by atoms with Gasteiger partial charge in [-0.2, -0.15) is 0 Å². The SMILES string of the molecule is COC(=O)C1CCC(OC(C)C(=O)N(C)C)CC1. The highest BCUT2D eigenvalue weighted by atomic mass is 16.5. The molecule has 0 spiro atoms. The van der Waals surface area contributed by atoms with Crippen molar-refractivity contribution >= 4 is 11.9 Å². The van der Waals surface area contributed by atoms with Crippen molar-refractivity contribution in [1.29, 1.82) is 0 Å². The van der Waals surface area contributed by atoms with Crippen LogP contribution in [0.25, 0.3) is 0 Å². The van der Waals surface area contributed by atoms with Crippen molar-refractivity contribution in [3.8, 4) is 0 Å². The van der Waals surface area contributed by atoms with Crippen LogP contribution >= 0.6 is 0 Å². The summed E-state index contributed by atoms with van der Waals surface area (Å²) in [5, 5.41) is 0. The Hall–Kier alpha value is -1.10. The van der Waals surface area contributed by atoms with Gasteiger partial charge in [-0.1, -0.05) is 0 Å². The molecule has 0 heterocycles. The zero-order chi connectivity index (χ0) is 13.7. The van der Waals surface area contributed by atoms with Crippen molar-refractivity contribution in [1.82, 2.24) is 4.90 Å². The molecule has 18 heavy (non-hydrogen) atoms. The smallest absolute Gasteiger partial charge is 0.308 e. The van der Waals surface area contributed by atoms with Crippen molar-refractivity contribution in [3.63, 3.8) is 0 Å². The predicted molar refractivity (Wildman–Crippen MR) is 67.0 cm³/mol. The van der Waals surface area contributed by atoms with E-state index in [1.54, 1.807) is 21.0 Å². The van der Waals surface area contributed by atoms with E-state index in [4.69, 9.17) is 9.47 Å². The number of rotatable bonds is 4. The molecule has 0 bridgehead atoms. The molecule has 1 saturated carbocycles. The Bertz CT molecular complexity index is 295. The topological polar surface area (TPSA) is 55.8 Å². The van der Waals surface area contributed by atoms with Gasteiger partial charge in [0.05, 0.1) is 19.1 Å². The molecule has 1 aliphatic rings. The highest BCUT2D eigenvalue weighted by molar-refractivity contribution is 5.79. The second-order valence-electron chi connectivity index (χ2n) is 5.01. The van der Waals surface area contributed by atoms with Gasteiger partial charge in [-0.15, -0.1) is 0 Å². The van der Waals surface area contributed by atoms with E-state index in [0.29, 0.717) is 0 Å². The monoisotopic (exact) mass is 257 g/mol. The van der Waals surface area contributed by atoms with E-state index in [2.05, 4.69) is 0 Å². The van der Waals surface area contributed by atoms with E-state index < -0.39 is 6.10 Å². The van der Waals surface area contributed by atoms with E-state index in [9.17, 15) is 9.59 Å². The molecular weight excluding hydrogens is 234 g/mol. The van der Waals surface area contributed by atoms with Gasteiger partial charge in [0.1, 0.15) is 6.10 Å². The van der Waals surface area contributed by atoms with Crippen molar-refractivity contribution in [3.05, 3.63) is 0 Å². The normalized spacial score (nSPS) is 25.3. The van der Waals surface area contributed by atoms with Crippen LogP contribution in [-0.2, 0) is 19.1 Å². The van der Waals surface area contributed by atoms with Crippen LogP contribution in [0, 0.1) is 5.92 Å². The third-order valence-corrected chi connectivity index (χ3v) is 3.39. The molecule has 0 aromatic carbocycles. The van der Waals surface area contributed by atoms with Crippen molar-refractivity contribution < 1.29 is 19.1 Å². The van der Waals surface area contributed by atoms with E-state index in [0.717, 1.165) is 25.7 Å². The Labute approximate surface area is 108 Å². The van der Waals surface area contributed by atoms with E-state index in [1.807, 2.05) is 0 Å². The lowest BCUT2D eigenvalue weighted by atomic mass is 9.87. The van der Waals surface area contributed by atoms with Gasteiger partial charge in [0, 0.05) is 14.1 Å². The first kappa shape index (κ1) is 15.0.